The number of carbonyl (C=O) groups excluding carboxylic acids is 2. The summed E-state index contributed by atoms with van der Waals surface area (Å²) >= 11 is -2.63. The molecule has 1 aliphatic heterocycles. The fourth-order valence-electron chi connectivity index (χ4n) is 5.46. The SMILES string of the molecule is CCOc1ccc(F)c([C@H](Nc2ccc3c(N)nccc3c2)C(=O)N2CCC[C@@H]2c2cc(NC(=O)OC)ccc2S(=O)[O-])c1. The van der Waals surface area contributed by atoms with Gasteiger partial charge in [-0.25, -0.2) is 14.2 Å². The van der Waals surface area contributed by atoms with Crippen LogP contribution in [0.1, 0.15) is 43.0 Å². The van der Waals surface area contributed by atoms with Gasteiger partial charge in [0.1, 0.15) is 23.4 Å². The molecule has 3 aromatic carbocycles. The van der Waals surface area contributed by atoms with E-state index in [0.29, 0.717) is 54.5 Å². The largest absolute Gasteiger partial charge is 0.768 e. The zero-order chi connectivity index (χ0) is 31.4. The number of likely N-dealkylation sites (tertiary alicyclic amines) is 1. The minimum atomic E-state index is -2.63. The monoisotopic (exact) mass is 620 g/mol. The number of nitrogens with one attached hydrogen (secondary N) is 2. The fourth-order valence-corrected chi connectivity index (χ4v) is 6.02. The van der Waals surface area contributed by atoms with E-state index < -0.39 is 41.0 Å². The van der Waals surface area contributed by atoms with Gasteiger partial charge in [-0.1, -0.05) is 0 Å². The molecule has 230 valence electrons. The molecule has 2 heterocycles. The number of pyridine rings is 1. The third-order valence-corrected chi connectivity index (χ3v) is 8.19. The molecular formula is C31H31FN5O6S-. The number of hydrogen-bond donors (Lipinski definition) is 3. The quantitative estimate of drug-likeness (QED) is 0.211. The molecule has 44 heavy (non-hydrogen) atoms. The first-order valence-corrected chi connectivity index (χ1v) is 15.0. The number of nitrogens with zero attached hydrogens (tertiary/aromatic N) is 2. The Kier molecular flexibility index (Phi) is 9.26. The van der Waals surface area contributed by atoms with Crippen LogP contribution in [-0.4, -0.2) is 50.9 Å². The second kappa shape index (κ2) is 13.3. The summed E-state index contributed by atoms with van der Waals surface area (Å²) in [5, 5.41) is 7.24. The molecule has 2 amide bonds. The molecule has 1 fully saturated rings. The lowest BCUT2D eigenvalue weighted by Crippen LogP contribution is -2.38. The van der Waals surface area contributed by atoms with E-state index in [1.807, 2.05) is 0 Å². The van der Waals surface area contributed by atoms with E-state index in [4.69, 9.17) is 10.5 Å². The number of rotatable bonds is 9. The molecule has 1 aliphatic rings. The third kappa shape index (κ3) is 6.43. The van der Waals surface area contributed by atoms with Crippen LogP contribution in [0.25, 0.3) is 10.8 Å². The zero-order valence-electron chi connectivity index (χ0n) is 24.0. The standard InChI is InChI=1S/C31H32FN5O6S/c1-3-43-21-8-10-25(32)23(17-21)28(35-19-6-9-22-18(15-19)12-13-34-29(22)33)30(38)37-14-4-5-26(37)24-16-20(36-31(39)42-2)7-11-27(24)44(40)41/h6-13,15-17,26,28,35H,3-5,14H2,1-2H3,(H2,33,34)(H,36,39)(H,40,41)/p-1/t26-,28+/m1/s1. The van der Waals surface area contributed by atoms with Crippen molar-refractivity contribution in [3.8, 4) is 5.75 Å². The van der Waals surface area contributed by atoms with Crippen LogP contribution in [0.5, 0.6) is 5.75 Å². The Morgan fingerprint density at radius 2 is 1.95 bits per heavy atom. The summed E-state index contributed by atoms with van der Waals surface area (Å²) in [4.78, 5) is 31.9. The van der Waals surface area contributed by atoms with Gasteiger partial charge in [-0.15, -0.1) is 0 Å². The molecule has 11 nitrogen and oxygen atoms in total. The predicted molar refractivity (Wildman–Crippen MR) is 163 cm³/mol. The Balaban J connectivity index is 1.57. The first-order valence-electron chi connectivity index (χ1n) is 13.9. The molecule has 0 spiro atoms. The van der Waals surface area contributed by atoms with Crippen molar-refractivity contribution in [1.29, 1.82) is 0 Å². The van der Waals surface area contributed by atoms with Gasteiger partial charge in [0.15, 0.2) is 0 Å². The summed E-state index contributed by atoms with van der Waals surface area (Å²) in [7, 11) is 1.21. The number of hydrogen-bond acceptors (Lipinski definition) is 9. The maximum atomic E-state index is 15.5. The molecule has 3 atom stereocenters. The van der Waals surface area contributed by atoms with Gasteiger partial charge in [-0.2, -0.15) is 0 Å². The van der Waals surface area contributed by atoms with E-state index in [-0.39, 0.29) is 10.5 Å². The minimum absolute atomic E-state index is 0.0140. The predicted octanol–water partition coefficient (Wildman–Crippen LogP) is 5.29. The maximum absolute atomic E-state index is 15.5. The van der Waals surface area contributed by atoms with Crippen LogP contribution in [0.3, 0.4) is 0 Å². The molecule has 0 saturated carbocycles. The molecule has 13 heteroatoms. The highest BCUT2D eigenvalue weighted by molar-refractivity contribution is 7.79. The van der Waals surface area contributed by atoms with Crippen molar-refractivity contribution in [2.75, 3.05) is 36.6 Å². The van der Waals surface area contributed by atoms with E-state index in [1.165, 1.54) is 43.5 Å². The number of nitrogen functional groups attached to an aromatic ring is 1. The maximum Gasteiger partial charge on any atom is 0.411 e. The van der Waals surface area contributed by atoms with Gasteiger partial charge in [0.25, 0.3) is 0 Å². The number of benzene rings is 3. The highest BCUT2D eigenvalue weighted by atomic mass is 32.2. The number of nitrogens with two attached hydrogens (primary N) is 1. The molecule has 4 N–H and O–H groups in total. The van der Waals surface area contributed by atoms with Crippen molar-refractivity contribution < 1.29 is 32.2 Å². The van der Waals surface area contributed by atoms with Gasteiger partial charge in [0, 0.05) is 40.0 Å². The second-order valence-corrected chi connectivity index (χ2v) is 11.0. The summed E-state index contributed by atoms with van der Waals surface area (Å²) < 4.78 is 50.2. The van der Waals surface area contributed by atoms with Crippen LogP contribution in [0.15, 0.2) is 71.8 Å². The number of carbonyl (C=O) groups is 2. The Morgan fingerprint density at radius 1 is 1.16 bits per heavy atom. The van der Waals surface area contributed by atoms with Gasteiger partial charge < -0.3 is 30.0 Å². The van der Waals surface area contributed by atoms with Crippen molar-refractivity contribution in [3.63, 3.8) is 0 Å². The van der Waals surface area contributed by atoms with E-state index in [0.717, 1.165) is 10.8 Å². The van der Waals surface area contributed by atoms with Crippen molar-refractivity contribution in [3.05, 3.63) is 83.8 Å². The summed E-state index contributed by atoms with van der Waals surface area (Å²) in [6, 6.07) is 13.7. The Labute approximate surface area is 255 Å². The minimum Gasteiger partial charge on any atom is -0.768 e. The molecule has 5 rings (SSSR count). The van der Waals surface area contributed by atoms with Crippen LogP contribution in [0.2, 0.25) is 0 Å². The molecule has 0 bridgehead atoms. The van der Waals surface area contributed by atoms with Crippen LogP contribution in [-0.2, 0) is 20.6 Å². The van der Waals surface area contributed by atoms with E-state index in [1.54, 1.807) is 42.3 Å². The van der Waals surface area contributed by atoms with Crippen LogP contribution >= 0.6 is 0 Å². The van der Waals surface area contributed by atoms with E-state index in [2.05, 4.69) is 20.4 Å². The second-order valence-electron chi connectivity index (χ2n) is 10.1. The highest BCUT2D eigenvalue weighted by Crippen LogP contribution is 2.39. The van der Waals surface area contributed by atoms with Gasteiger partial charge in [0.05, 0.1) is 19.8 Å². The molecular weight excluding hydrogens is 589 g/mol. The number of aromatic nitrogens is 1. The normalized spacial score (nSPS) is 15.9. The summed E-state index contributed by atoms with van der Waals surface area (Å²) in [5.74, 6) is -0.338. The summed E-state index contributed by atoms with van der Waals surface area (Å²) in [6.07, 6.45) is 1.87. The average molecular weight is 621 g/mol. The molecule has 0 aliphatic carbocycles. The van der Waals surface area contributed by atoms with Crippen molar-refractivity contribution in [2.24, 2.45) is 0 Å². The van der Waals surface area contributed by atoms with Gasteiger partial charge in [-0.3, -0.25) is 14.3 Å². The van der Waals surface area contributed by atoms with Gasteiger partial charge in [-0.05, 0) is 102 Å². The van der Waals surface area contributed by atoms with E-state index in [9.17, 15) is 18.4 Å². The van der Waals surface area contributed by atoms with Crippen LogP contribution in [0.4, 0.5) is 26.4 Å². The van der Waals surface area contributed by atoms with Crippen LogP contribution < -0.4 is 21.1 Å². The van der Waals surface area contributed by atoms with Gasteiger partial charge in [0.2, 0.25) is 5.91 Å². The Bertz CT molecular complexity index is 1740. The topological polar surface area (TPSA) is 159 Å². The average Bonchev–Trinajstić information content (AvgIpc) is 3.51. The number of ether oxygens (including phenoxy) is 2. The summed E-state index contributed by atoms with van der Waals surface area (Å²) in [6.45, 7) is 2.44. The number of methoxy groups -OCH3 is 1. The number of halogens is 1. The molecule has 1 saturated heterocycles. The number of amides is 2. The fraction of sp³-hybridized carbons (Fsp3) is 0.258. The molecule has 0 radical (unpaired) electrons. The first-order chi connectivity index (χ1) is 21.2. The lowest BCUT2D eigenvalue weighted by Gasteiger charge is -2.32. The lowest BCUT2D eigenvalue weighted by molar-refractivity contribution is -0.133. The van der Waals surface area contributed by atoms with Crippen molar-refractivity contribution in [2.45, 2.75) is 36.7 Å². The van der Waals surface area contributed by atoms with Gasteiger partial charge >= 0.3 is 6.09 Å². The highest BCUT2D eigenvalue weighted by Gasteiger charge is 2.37. The number of anilines is 3. The lowest BCUT2D eigenvalue weighted by atomic mass is 10.00. The first kappa shape index (κ1) is 30.7. The van der Waals surface area contributed by atoms with E-state index >= 15 is 4.39 Å². The molecule has 1 aromatic heterocycles. The zero-order valence-corrected chi connectivity index (χ0v) is 24.9. The Morgan fingerprint density at radius 3 is 2.70 bits per heavy atom. The van der Waals surface area contributed by atoms with Crippen molar-refractivity contribution >= 4 is 51.0 Å². The van der Waals surface area contributed by atoms with Crippen LogP contribution in [0, 0.1) is 5.82 Å². The van der Waals surface area contributed by atoms with Crippen molar-refractivity contribution in [1.82, 2.24) is 9.88 Å². The smallest absolute Gasteiger partial charge is 0.411 e. The molecule has 4 aromatic rings. The number of fused-ring (bicyclic) bond motifs is 1. The molecule has 1 unspecified atom stereocenters. The third-order valence-electron chi connectivity index (χ3n) is 7.46. The Hall–Kier alpha value is -4.75. The summed E-state index contributed by atoms with van der Waals surface area (Å²) in [5.41, 5.74) is 7.24.